The third kappa shape index (κ3) is 4.97. The Hall–Kier alpha value is -1.32. The Morgan fingerprint density at radius 1 is 1.06 bits per heavy atom. The van der Waals surface area contributed by atoms with E-state index in [1.54, 1.807) is 0 Å². The molecule has 0 heterocycles. The van der Waals surface area contributed by atoms with Gasteiger partial charge in [0.2, 0.25) is 0 Å². The van der Waals surface area contributed by atoms with Crippen molar-refractivity contribution in [1.29, 1.82) is 0 Å². The van der Waals surface area contributed by atoms with Gasteiger partial charge in [0.05, 0.1) is 11.4 Å². The van der Waals surface area contributed by atoms with Gasteiger partial charge in [0.25, 0.3) is 0 Å². The Morgan fingerprint density at radius 3 is 2.51 bits per heavy atom. The minimum absolute atomic E-state index is 0.217. The predicted molar refractivity (Wildman–Crippen MR) is 145 cm³/mol. The molecule has 0 aromatic heterocycles. The van der Waals surface area contributed by atoms with E-state index < -0.39 is 0 Å². The Bertz CT molecular complexity index is 845. The Kier molecular flexibility index (Phi) is 8.08. The highest BCUT2D eigenvalue weighted by Crippen LogP contribution is 2.68. The van der Waals surface area contributed by atoms with Crippen molar-refractivity contribution in [3.63, 3.8) is 0 Å². The molecule has 3 saturated carbocycles. The summed E-state index contributed by atoms with van der Waals surface area (Å²) in [6.07, 6.45) is 17.3. The molecule has 0 radical (unpaired) electrons. The molecular formula is C31H52N2O2. The minimum Gasteiger partial charge on any atom is -0.411 e. The lowest BCUT2D eigenvalue weighted by Crippen LogP contribution is -2.52. The second kappa shape index (κ2) is 10.6. The van der Waals surface area contributed by atoms with Gasteiger partial charge in [-0.15, -0.1) is 0 Å². The second-order valence-corrected chi connectivity index (χ2v) is 13.8. The zero-order valence-electron chi connectivity index (χ0n) is 23.4. The van der Waals surface area contributed by atoms with Crippen LogP contribution in [0.25, 0.3) is 0 Å². The van der Waals surface area contributed by atoms with E-state index in [4.69, 9.17) is 5.21 Å². The summed E-state index contributed by atoms with van der Waals surface area (Å²) in [7, 11) is 0. The van der Waals surface area contributed by atoms with E-state index >= 15 is 0 Å². The summed E-state index contributed by atoms with van der Waals surface area (Å²) in [6, 6.07) is 0. The normalized spacial score (nSPS) is 41.3. The van der Waals surface area contributed by atoms with E-state index in [0.717, 1.165) is 66.2 Å². The van der Waals surface area contributed by atoms with Crippen LogP contribution in [0.5, 0.6) is 0 Å². The van der Waals surface area contributed by atoms with Crippen molar-refractivity contribution in [2.75, 3.05) is 0 Å². The summed E-state index contributed by atoms with van der Waals surface area (Å²) < 4.78 is 0. The standard InChI is InChI=1S/C31H52N2O2/c1-20(2)8-7-9-21(3)26-14-15-27-25-13-12-24-18-29(33-35)23(11-10-22(4)32-34)19-31(24,6)28(25)16-17-30(26,27)5/h18,20-21,23,25-28,34-35H,7-17,19H2,1-6H3/t21-,23?,25+,26-,27+,28+,30-,31+/m1/s1. The number of hydrogen-bond donors (Lipinski definition) is 2. The maximum Gasteiger partial charge on any atom is 0.0826 e. The lowest BCUT2D eigenvalue weighted by Gasteiger charge is -2.59. The molecule has 0 spiro atoms. The van der Waals surface area contributed by atoms with Crippen LogP contribution >= 0.6 is 0 Å². The van der Waals surface area contributed by atoms with Crippen molar-refractivity contribution in [1.82, 2.24) is 0 Å². The first kappa shape index (κ1) is 26.7. The summed E-state index contributed by atoms with van der Waals surface area (Å²) >= 11 is 0. The fraction of sp³-hybridized carbons (Fsp3) is 0.871. The monoisotopic (exact) mass is 484 g/mol. The molecule has 0 bridgehead atoms. The highest BCUT2D eigenvalue weighted by Gasteiger charge is 2.59. The van der Waals surface area contributed by atoms with E-state index in [2.05, 4.69) is 51.0 Å². The molecule has 2 N–H and O–H groups in total. The van der Waals surface area contributed by atoms with Gasteiger partial charge in [0.1, 0.15) is 0 Å². The molecule has 0 amide bonds. The van der Waals surface area contributed by atoms with Gasteiger partial charge < -0.3 is 10.4 Å². The lowest BCUT2D eigenvalue weighted by atomic mass is 9.45. The number of hydrogen-bond acceptors (Lipinski definition) is 4. The highest BCUT2D eigenvalue weighted by molar-refractivity contribution is 5.98. The van der Waals surface area contributed by atoms with Gasteiger partial charge in [-0.2, -0.15) is 0 Å². The molecule has 0 saturated heterocycles. The summed E-state index contributed by atoms with van der Waals surface area (Å²) in [5.74, 6) is 5.31. The first-order valence-electron chi connectivity index (χ1n) is 14.7. The Morgan fingerprint density at radius 2 is 1.83 bits per heavy atom. The van der Waals surface area contributed by atoms with Crippen LogP contribution in [-0.2, 0) is 0 Å². The molecule has 8 atom stereocenters. The molecular weight excluding hydrogens is 432 g/mol. The maximum absolute atomic E-state index is 9.78. The van der Waals surface area contributed by atoms with Crippen LogP contribution < -0.4 is 0 Å². The van der Waals surface area contributed by atoms with Gasteiger partial charge >= 0.3 is 0 Å². The summed E-state index contributed by atoms with van der Waals surface area (Å²) in [5, 5.41) is 26.0. The van der Waals surface area contributed by atoms with Crippen molar-refractivity contribution >= 4 is 11.4 Å². The van der Waals surface area contributed by atoms with Crippen molar-refractivity contribution in [3.8, 4) is 0 Å². The zero-order chi connectivity index (χ0) is 25.4. The Balaban J connectivity index is 1.51. The van der Waals surface area contributed by atoms with E-state index in [-0.39, 0.29) is 11.3 Å². The van der Waals surface area contributed by atoms with Crippen LogP contribution in [0.1, 0.15) is 119 Å². The van der Waals surface area contributed by atoms with Crippen molar-refractivity contribution in [2.24, 2.45) is 62.6 Å². The van der Waals surface area contributed by atoms with E-state index in [0.29, 0.717) is 5.41 Å². The fourth-order valence-electron chi connectivity index (χ4n) is 9.58. The van der Waals surface area contributed by atoms with Gasteiger partial charge in [-0.3, -0.25) is 0 Å². The van der Waals surface area contributed by atoms with Crippen LogP contribution in [0.15, 0.2) is 22.0 Å². The van der Waals surface area contributed by atoms with E-state index in [1.165, 1.54) is 63.4 Å². The number of allylic oxidation sites excluding steroid dienone is 2. The van der Waals surface area contributed by atoms with Crippen molar-refractivity contribution < 1.29 is 10.4 Å². The van der Waals surface area contributed by atoms with Gasteiger partial charge in [-0.25, -0.2) is 0 Å². The average molecular weight is 485 g/mol. The molecule has 4 rings (SSSR count). The molecule has 1 unspecified atom stereocenters. The van der Waals surface area contributed by atoms with Crippen LogP contribution in [0.2, 0.25) is 0 Å². The molecule has 0 aliphatic heterocycles. The molecule has 0 aromatic carbocycles. The average Bonchev–Trinajstić information content (AvgIpc) is 3.18. The third-order valence-corrected chi connectivity index (χ3v) is 11.5. The van der Waals surface area contributed by atoms with Gasteiger partial charge in [0.15, 0.2) is 0 Å². The van der Waals surface area contributed by atoms with Gasteiger partial charge in [-0.1, -0.05) is 69.8 Å². The van der Waals surface area contributed by atoms with Crippen molar-refractivity contribution in [3.05, 3.63) is 11.6 Å². The van der Waals surface area contributed by atoms with Crippen molar-refractivity contribution in [2.45, 2.75) is 119 Å². The summed E-state index contributed by atoms with van der Waals surface area (Å²) in [6.45, 7) is 14.4. The fourth-order valence-corrected chi connectivity index (χ4v) is 9.58. The number of rotatable bonds is 8. The van der Waals surface area contributed by atoms with E-state index in [1.807, 2.05) is 6.92 Å². The summed E-state index contributed by atoms with van der Waals surface area (Å²) in [4.78, 5) is 0. The molecule has 3 fully saturated rings. The topological polar surface area (TPSA) is 65.2 Å². The Labute approximate surface area is 214 Å². The number of fused-ring (bicyclic) bond motifs is 5. The molecule has 4 aliphatic carbocycles. The molecule has 4 nitrogen and oxygen atoms in total. The van der Waals surface area contributed by atoms with Gasteiger partial charge in [0, 0.05) is 5.92 Å². The summed E-state index contributed by atoms with van der Waals surface area (Å²) in [5.41, 5.74) is 3.89. The first-order chi connectivity index (χ1) is 16.6. The molecule has 4 aliphatic rings. The molecule has 0 aromatic rings. The molecule has 198 valence electrons. The predicted octanol–water partition coefficient (Wildman–Crippen LogP) is 8.71. The van der Waals surface area contributed by atoms with Crippen LogP contribution in [0.4, 0.5) is 0 Å². The van der Waals surface area contributed by atoms with E-state index in [9.17, 15) is 5.21 Å². The minimum atomic E-state index is 0.217. The number of nitrogens with zero attached hydrogens (tertiary/aromatic N) is 2. The lowest BCUT2D eigenvalue weighted by molar-refractivity contribution is -0.0603. The highest BCUT2D eigenvalue weighted by atomic mass is 16.4. The second-order valence-electron chi connectivity index (χ2n) is 13.8. The smallest absolute Gasteiger partial charge is 0.0826 e. The number of oxime groups is 2. The van der Waals surface area contributed by atoms with Crippen LogP contribution in [-0.4, -0.2) is 21.8 Å². The third-order valence-electron chi connectivity index (χ3n) is 11.5. The molecule has 4 heteroatoms. The van der Waals surface area contributed by atoms with Crippen LogP contribution in [0.3, 0.4) is 0 Å². The largest absolute Gasteiger partial charge is 0.411 e. The first-order valence-corrected chi connectivity index (χ1v) is 14.7. The SMILES string of the molecule is CC(CCC1C[C@@]2(C)C(=CC1=NO)CC[C@H]1[C@@H]3CC[C@H]([C@H](C)CCCC(C)C)[C@@]3(C)CC[C@@H]12)=NO. The van der Waals surface area contributed by atoms with Gasteiger partial charge in [-0.05, 0) is 117 Å². The molecule has 35 heavy (non-hydrogen) atoms. The zero-order valence-corrected chi connectivity index (χ0v) is 23.4. The van der Waals surface area contributed by atoms with Crippen LogP contribution in [0, 0.1) is 52.3 Å². The maximum atomic E-state index is 9.78. The quantitative estimate of drug-likeness (QED) is 0.205.